The number of hydroxylamine groups is 1. The highest BCUT2D eigenvalue weighted by atomic mass is 16.5. The Morgan fingerprint density at radius 2 is 2.07 bits per heavy atom. The quantitative estimate of drug-likeness (QED) is 0.723. The Balaban J connectivity index is 2.89. The summed E-state index contributed by atoms with van der Waals surface area (Å²) in [5.74, 6) is 0. The van der Waals surface area contributed by atoms with Crippen molar-refractivity contribution in [1.29, 1.82) is 0 Å². The van der Waals surface area contributed by atoms with E-state index < -0.39 is 0 Å². The number of benzene rings is 1. The molecule has 0 heterocycles. The summed E-state index contributed by atoms with van der Waals surface area (Å²) in [5.41, 5.74) is 3.04. The molecule has 0 atom stereocenters. The Morgan fingerprint density at radius 3 is 2.57 bits per heavy atom. The maximum absolute atomic E-state index is 9.54. The number of anilines is 2. The van der Waals surface area contributed by atoms with Crippen molar-refractivity contribution in [3.63, 3.8) is 0 Å². The lowest BCUT2D eigenvalue weighted by molar-refractivity contribution is 0.259. The summed E-state index contributed by atoms with van der Waals surface area (Å²) >= 11 is 0. The molecule has 0 amide bonds. The fraction of sp³-hybridized carbons (Fsp3) is 0.455. The second-order valence-electron chi connectivity index (χ2n) is 3.25. The first-order valence-corrected chi connectivity index (χ1v) is 5.00. The Labute approximate surface area is 85.3 Å². The largest absolute Gasteiger partial charge is 0.385 e. The minimum atomic E-state index is 0.599. The van der Waals surface area contributed by atoms with Crippen LogP contribution in [-0.4, -0.2) is 18.3 Å². The zero-order chi connectivity index (χ0) is 10.6. The van der Waals surface area contributed by atoms with Gasteiger partial charge in [-0.05, 0) is 44.5 Å². The summed E-state index contributed by atoms with van der Waals surface area (Å²) in [6.45, 7) is 7.48. The van der Waals surface area contributed by atoms with Crippen molar-refractivity contribution in [3.05, 3.63) is 23.8 Å². The van der Waals surface area contributed by atoms with Gasteiger partial charge in [-0.2, -0.15) is 0 Å². The Kier molecular flexibility index (Phi) is 3.77. The molecule has 0 aliphatic rings. The lowest BCUT2D eigenvalue weighted by Crippen LogP contribution is -2.17. The predicted molar refractivity (Wildman–Crippen MR) is 60.1 cm³/mol. The zero-order valence-corrected chi connectivity index (χ0v) is 9.04. The van der Waals surface area contributed by atoms with Crippen molar-refractivity contribution in [2.24, 2.45) is 0 Å². The number of hydrogen-bond acceptors (Lipinski definition) is 3. The van der Waals surface area contributed by atoms with Crippen LogP contribution in [0.3, 0.4) is 0 Å². The number of hydrogen-bond donors (Lipinski definition) is 2. The van der Waals surface area contributed by atoms with Gasteiger partial charge < -0.3 is 5.32 Å². The molecule has 0 saturated carbocycles. The number of nitrogens with one attached hydrogen (secondary N) is 1. The maximum Gasteiger partial charge on any atom is 0.0664 e. The third kappa shape index (κ3) is 2.39. The van der Waals surface area contributed by atoms with Gasteiger partial charge >= 0.3 is 0 Å². The van der Waals surface area contributed by atoms with E-state index in [1.54, 1.807) is 0 Å². The van der Waals surface area contributed by atoms with E-state index in [9.17, 15) is 5.21 Å². The van der Waals surface area contributed by atoms with E-state index in [1.165, 1.54) is 5.06 Å². The second kappa shape index (κ2) is 4.86. The van der Waals surface area contributed by atoms with E-state index in [1.807, 2.05) is 32.0 Å². The van der Waals surface area contributed by atoms with Crippen LogP contribution in [0.25, 0.3) is 0 Å². The molecule has 1 rings (SSSR count). The summed E-state index contributed by atoms with van der Waals surface area (Å²) in [4.78, 5) is 0. The molecule has 0 bridgehead atoms. The van der Waals surface area contributed by atoms with Gasteiger partial charge in [0.25, 0.3) is 0 Å². The minimum Gasteiger partial charge on any atom is -0.385 e. The topological polar surface area (TPSA) is 35.5 Å². The van der Waals surface area contributed by atoms with E-state index >= 15 is 0 Å². The summed E-state index contributed by atoms with van der Waals surface area (Å²) in [6.07, 6.45) is 0. The van der Waals surface area contributed by atoms with Crippen molar-refractivity contribution < 1.29 is 5.21 Å². The molecule has 1 aromatic rings. The molecule has 0 aromatic heterocycles. The van der Waals surface area contributed by atoms with E-state index in [4.69, 9.17) is 0 Å². The molecule has 3 heteroatoms. The average molecular weight is 194 g/mol. The first-order valence-electron chi connectivity index (χ1n) is 5.00. The molecule has 0 unspecified atom stereocenters. The Morgan fingerprint density at radius 1 is 1.36 bits per heavy atom. The van der Waals surface area contributed by atoms with Crippen LogP contribution in [0.15, 0.2) is 18.2 Å². The fourth-order valence-corrected chi connectivity index (χ4v) is 1.43. The van der Waals surface area contributed by atoms with Gasteiger partial charge in [0.1, 0.15) is 0 Å². The normalized spacial score (nSPS) is 10.0. The highest BCUT2D eigenvalue weighted by molar-refractivity contribution is 5.59. The van der Waals surface area contributed by atoms with E-state index in [0.29, 0.717) is 6.54 Å². The van der Waals surface area contributed by atoms with Gasteiger partial charge in [0.15, 0.2) is 0 Å². The van der Waals surface area contributed by atoms with Crippen LogP contribution in [0.4, 0.5) is 11.4 Å². The van der Waals surface area contributed by atoms with E-state index in [-0.39, 0.29) is 0 Å². The molecular weight excluding hydrogens is 176 g/mol. The van der Waals surface area contributed by atoms with Crippen molar-refractivity contribution >= 4 is 11.4 Å². The van der Waals surface area contributed by atoms with E-state index in [2.05, 4.69) is 12.2 Å². The van der Waals surface area contributed by atoms with Crippen LogP contribution in [0.2, 0.25) is 0 Å². The number of rotatable bonds is 4. The van der Waals surface area contributed by atoms with Gasteiger partial charge in [-0.25, -0.2) is 0 Å². The first-order chi connectivity index (χ1) is 6.69. The van der Waals surface area contributed by atoms with Crippen molar-refractivity contribution in [3.8, 4) is 0 Å². The van der Waals surface area contributed by atoms with E-state index in [0.717, 1.165) is 23.5 Å². The molecule has 0 aliphatic carbocycles. The first kappa shape index (κ1) is 10.9. The summed E-state index contributed by atoms with van der Waals surface area (Å²) in [5, 5.41) is 14.0. The molecule has 1 aromatic carbocycles. The summed E-state index contributed by atoms with van der Waals surface area (Å²) in [6, 6.07) is 5.94. The van der Waals surface area contributed by atoms with Crippen molar-refractivity contribution in [2.45, 2.75) is 20.8 Å². The maximum atomic E-state index is 9.54. The minimum absolute atomic E-state index is 0.599. The van der Waals surface area contributed by atoms with Crippen molar-refractivity contribution in [2.75, 3.05) is 23.5 Å². The molecule has 0 aliphatic heterocycles. The van der Waals surface area contributed by atoms with Gasteiger partial charge in [0.2, 0.25) is 0 Å². The summed E-state index contributed by atoms with van der Waals surface area (Å²) in [7, 11) is 0. The van der Waals surface area contributed by atoms with Crippen LogP contribution in [0.5, 0.6) is 0 Å². The number of aryl methyl sites for hydroxylation is 1. The highest BCUT2D eigenvalue weighted by Gasteiger charge is 2.04. The molecule has 78 valence electrons. The monoisotopic (exact) mass is 194 g/mol. The van der Waals surface area contributed by atoms with Crippen LogP contribution < -0.4 is 10.4 Å². The predicted octanol–water partition coefficient (Wildman–Crippen LogP) is 2.64. The fourth-order valence-electron chi connectivity index (χ4n) is 1.43. The Bertz CT molecular complexity index is 299. The van der Waals surface area contributed by atoms with Crippen LogP contribution in [0.1, 0.15) is 19.4 Å². The Hall–Kier alpha value is -1.22. The second-order valence-corrected chi connectivity index (χ2v) is 3.25. The van der Waals surface area contributed by atoms with Crippen LogP contribution in [-0.2, 0) is 0 Å². The van der Waals surface area contributed by atoms with Gasteiger partial charge in [-0.1, -0.05) is 0 Å². The van der Waals surface area contributed by atoms with Gasteiger partial charge in [0, 0.05) is 18.8 Å². The van der Waals surface area contributed by atoms with Crippen LogP contribution in [0, 0.1) is 6.92 Å². The molecule has 0 spiro atoms. The molecule has 3 nitrogen and oxygen atoms in total. The SMILES string of the molecule is CCNc1ccc(N(O)CC)c(C)c1. The third-order valence-corrected chi connectivity index (χ3v) is 2.16. The number of nitrogens with zero attached hydrogens (tertiary/aromatic N) is 1. The van der Waals surface area contributed by atoms with Gasteiger partial charge in [0.05, 0.1) is 5.69 Å². The molecular formula is C11H18N2O. The molecule has 2 N–H and O–H groups in total. The standard InChI is InChI=1S/C11H18N2O/c1-4-12-10-6-7-11(9(3)8-10)13(14)5-2/h6-8,12,14H,4-5H2,1-3H3. The average Bonchev–Trinajstić information content (AvgIpc) is 2.17. The third-order valence-electron chi connectivity index (χ3n) is 2.16. The molecule has 14 heavy (non-hydrogen) atoms. The molecule has 0 radical (unpaired) electrons. The van der Waals surface area contributed by atoms with Crippen molar-refractivity contribution in [1.82, 2.24) is 0 Å². The zero-order valence-electron chi connectivity index (χ0n) is 9.04. The molecule has 0 saturated heterocycles. The molecule has 0 fully saturated rings. The van der Waals surface area contributed by atoms with Gasteiger partial charge in [-0.3, -0.25) is 10.3 Å². The highest BCUT2D eigenvalue weighted by Crippen LogP contribution is 2.22. The smallest absolute Gasteiger partial charge is 0.0664 e. The summed E-state index contributed by atoms with van der Waals surface area (Å²) < 4.78 is 0. The van der Waals surface area contributed by atoms with Gasteiger partial charge in [-0.15, -0.1) is 0 Å². The lowest BCUT2D eigenvalue weighted by Gasteiger charge is -2.17. The lowest BCUT2D eigenvalue weighted by atomic mass is 10.1. The van der Waals surface area contributed by atoms with Crippen LogP contribution >= 0.6 is 0 Å².